The number of azo groups is 2. The van der Waals surface area contributed by atoms with E-state index in [1.54, 1.807) is 36.4 Å². The number of hydrogen-bond donors (Lipinski definition) is 12. The van der Waals surface area contributed by atoms with E-state index in [-0.39, 0.29) is 86.7 Å². The Balaban J connectivity index is 0.978. The number of carbonyl (C=O) groups excluding carboxylic acids is 2. The minimum atomic E-state index is -5.08. The number of nitrogens with two attached hydrogens (primary N) is 2. The van der Waals surface area contributed by atoms with Crippen LogP contribution in [0.25, 0.3) is 12.2 Å². The second kappa shape index (κ2) is 22.4. The predicted octanol–water partition coefficient (Wildman–Crippen LogP) is 7.27. The summed E-state index contributed by atoms with van der Waals surface area (Å²) in [4.78, 5) is 25.2. The van der Waals surface area contributed by atoms with Gasteiger partial charge in [-0.05, 0) is 126 Å². The maximum atomic E-state index is 13.8. The highest BCUT2D eigenvalue weighted by molar-refractivity contribution is 7.91. The molecule has 0 saturated carbocycles. The van der Waals surface area contributed by atoms with Crippen LogP contribution in [0.4, 0.5) is 68.2 Å². The number of anilines is 8. The van der Waals surface area contributed by atoms with Crippen molar-refractivity contribution in [3.63, 3.8) is 0 Å². The molecule has 0 amide bonds. The van der Waals surface area contributed by atoms with E-state index in [9.17, 15) is 48.5 Å². The number of benzene rings is 6. The van der Waals surface area contributed by atoms with E-state index in [1.165, 1.54) is 72.8 Å². The van der Waals surface area contributed by atoms with Gasteiger partial charge in [0.2, 0.25) is 11.6 Å². The van der Waals surface area contributed by atoms with Crippen LogP contribution >= 0.6 is 0 Å². The van der Waals surface area contributed by atoms with E-state index in [0.717, 1.165) is 18.2 Å². The summed E-state index contributed by atoms with van der Waals surface area (Å²) in [6.45, 7) is 0.421. The van der Waals surface area contributed by atoms with Crippen LogP contribution in [0.15, 0.2) is 161 Å². The molecule has 0 bridgehead atoms. The lowest BCUT2D eigenvalue weighted by atomic mass is 9.94. The van der Waals surface area contributed by atoms with E-state index in [2.05, 4.69) is 57.5 Å². The molecule has 77 heavy (non-hydrogen) atoms. The monoisotopic (exact) mass is 1110 g/mol. The summed E-state index contributed by atoms with van der Waals surface area (Å²) < 4.78 is 106. The Labute approximate surface area is 438 Å². The largest absolute Gasteiger partial charge is 0.397 e. The number of carbonyl (C=O) groups is 2. The average Bonchev–Trinajstić information content (AvgIpc) is 3.45. The zero-order chi connectivity index (χ0) is 55.2. The molecule has 8 rings (SSSR count). The minimum Gasteiger partial charge on any atom is -0.397 e. The molecule has 0 spiro atoms. The third-order valence-corrected chi connectivity index (χ3v) is 13.7. The SMILES string of the molecule is Nc1cc(NCCO)ccc1N=Nc1ccc2c(c1)C(=O)/C(=N/Nc1ccc(Nc3ccc(N/N=C4/C(=O)c5cc(N=Nc6ccc(NCCO)cc6N)ccc5C=C4S(=O)(=O)O)cc3S(=O)(=O)O)cc1)C(S(=O)(=O)O)=C2. The van der Waals surface area contributed by atoms with Gasteiger partial charge in [0.15, 0.2) is 11.4 Å². The van der Waals surface area contributed by atoms with E-state index >= 15 is 0 Å². The highest BCUT2D eigenvalue weighted by atomic mass is 32.2. The van der Waals surface area contributed by atoms with Crippen LogP contribution in [0.1, 0.15) is 31.8 Å². The molecular weight excluding hydrogens is 1060 g/mol. The van der Waals surface area contributed by atoms with Gasteiger partial charge in [0, 0.05) is 41.3 Å². The van der Waals surface area contributed by atoms with Crippen molar-refractivity contribution in [2.75, 3.05) is 64.6 Å². The standard InChI is InChI=1S/C48H43N13O13S3/c49-37-23-30(51-15-17-62)9-12-39(37)58-55-32-3-1-26-19-43(76(69,70)71)45(47(64)35(26)21-32)60-54-29-7-5-28(6-8-29)53-41-14-11-34(25-42(41)75(66,67)68)57-61-46-44(77(72,73)74)20-27-2-4-33(22-36(27)48(46)65)56-59-40-13-10-31(24-38(40)50)52-16-18-63/h1-14,19-25,51-54,57,62-63H,15-18,49-50H2,(H,66,67,68)(H,69,70,71)(H,72,73,74)/b58-55?,59-56?,60-45+,61-46+. The molecule has 396 valence electrons. The number of Topliss-reactive ketones (excluding diaryl/α,β-unsaturated/α-hetero) is 2. The molecule has 2 aliphatic rings. The molecule has 29 heteroatoms. The van der Waals surface area contributed by atoms with Crippen LogP contribution < -0.4 is 38.3 Å². The number of allylic oxidation sites excluding steroid dienone is 2. The van der Waals surface area contributed by atoms with Gasteiger partial charge in [0.25, 0.3) is 30.4 Å². The van der Waals surface area contributed by atoms with Gasteiger partial charge in [-0.15, -0.1) is 10.2 Å². The summed E-state index contributed by atoms with van der Waals surface area (Å²) in [5, 5.41) is 51.4. The van der Waals surface area contributed by atoms with Crippen LogP contribution in [0, 0.1) is 0 Å². The molecule has 14 N–H and O–H groups in total. The lowest BCUT2D eigenvalue weighted by molar-refractivity contribution is 0.105. The summed E-state index contributed by atoms with van der Waals surface area (Å²) in [5.74, 6) is -1.87. The van der Waals surface area contributed by atoms with Crippen LogP contribution in [0.3, 0.4) is 0 Å². The van der Waals surface area contributed by atoms with E-state index in [0.29, 0.717) is 30.2 Å². The maximum Gasteiger partial charge on any atom is 0.296 e. The van der Waals surface area contributed by atoms with E-state index in [4.69, 9.17) is 21.7 Å². The smallest absolute Gasteiger partial charge is 0.296 e. The summed E-state index contributed by atoms with van der Waals surface area (Å²) in [7, 11) is -15.1. The Morgan fingerprint density at radius 3 is 1.32 bits per heavy atom. The molecule has 0 heterocycles. The molecule has 0 radical (unpaired) electrons. The van der Waals surface area contributed by atoms with Crippen molar-refractivity contribution >= 4 is 134 Å². The lowest BCUT2D eigenvalue weighted by Gasteiger charge is -2.17. The number of rotatable bonds is 19. The lowest BCUT2D eigenvalue weighted by Crippen LogP contribution is -2.27. The molecule has 26 nitrogen and oxygen atoms in total. The first-order valence-corrected chi connectivity index (χ1v) is 26.7. The first-order chi connectivity index (χ1) is 36.6. The Hall–Kier alpha value is -9.07. The quantitative estimate of drug-likeness (QED) is 0.0164. The summed E-state index contributed by atoms with van der Waals surface area (Å²) in [6, 6.07) is 27.1. The topological polar surface area (TPSA) is 424 Å². The minimum absolute atomic E-state index is 0.0177. The Kier molecular flexibility index (Phi) is 15.8. The number of nitrogen functional groups attached to an aromatic ring is 2. The van der Waals surface area contributed by atoms with Gasteiger partial charge in [0.05, 0.1) is 53.0 Å². The highest BCUT2D eigenvalue weighted by Crippen LogP contribution is 2.35. The fourth-order valence-electron chi connectivity index (χ4n) is 7.43. The number of hydrogen-bond acceptors (Lipinski definition) is 23. The van der Waals surface area contributed by atoms with Gasteiger partial charge in [-0.2, -0.15) is 45.7 Å². The van der Waals surface area contributed by atoms with Crippen molar-refractivity contribution in [1.29, 1.82) is 0 Å². The number of aliphatic hydroxyl groups is 2. The number of nitrogens with one attached hydrogen (secondary N) is 5. The third kappa shape index (κ3) is 12.9. The summed E-state index contributed by atoms with van der Waals surface area (Å²) in [5.41, 5.74) is 18.7. The van der Waals surface area contributed by atoms with Crippen molar-refractivity contribution in [3.05, 3.63) is 147 Å². The van der Waals surface area contributed by atoms with Crippen LogP contribution in [0.5, 0.6) is 0 Å². The van der Waals surface area contributed by atoms with Crippen molar-refractivity contribution in [1.82, 2.24) is 0 Å². The molecule has 0 aliphatic heterocycles. The number of hydrazone groups is 2. The maximum absolute atomic E-state index is 13.8. The zero-order valence-electron chi connectivity index (χ0n) is 39.5. The molecule has 2 aliphatic carbocycles. The molecule has 0 saturated heterocycles. The molecular formula is C48H43N13O13S3. The summed E-state index contributed by atoms with van der Waals surface area (Å²) >= 11 is 0. The van der Waals surface area contributed by atoms with Crippen LogP contribution in [-0.2, 0) is 30.4 Å². The average molecular weight is 1110 g/mol. The first kappa shape index (κ1) is 54.2. The predicted molar refractivity (Wildman–Crippen MR) is 290 cm³/mol. The third-order valence-electron chi connectivity index (χ3n) is 11.1. The number of aliphatic hydroxyl groups excluding tert-OH is 2. The second-order valence-corrected chi connectivity index (χ2v) is 20.6. The first-order valence-electron chi connectivity index (χ1n) is 22.3. The van der Waals surface area contributed by atoms with Gasteiger partial charge in [-0.3, -0.25) is 34.1 Å². The van der Waals surface area contributed by atoms with Crippen LogP contribution in [-0.4, -0.2) is 98.4 Å². The van der Waals surface area contributed by atoms with Gasteiger partial charge in [-0.25, -0.2) is 0 Å². The van der Waals surface area contributed by atoms with E-state index < -0.39 is 68.0 Å². The summed E-state index contributed by atoms with van der Waals surface area (Å²) in [6.07, 6.45) is 2.06. The Morgan fingerprint density at radius 2 is 0.896 bits per heavy atom. The Morgan fingerprint density at radius 1 is 0.468 bits per heavy atom. The van der Waals surface area contributed by atoms with Gasteiger partial charge < -0.3 is 37.6 Å². The fraction of sp³-hybridized carbons (Fsp3) is 0.0833. The van der Waals surface area contributed by atoms with Crippen molar-refractivity contribution in [2.24, 2.45) is 30.7 Å². The van der Waals surface area contributed by atoms with E-state index in [1.807, 2.05) is 0 Å². The number of fused-ring (bicyclic) bond motifs is 2. The molecule has 6 aromatic rings. The molecule has 0 unspecified atom stereocenters. The van der Waals surface area contributed by atoms with Crippen molar-refractivity contribution in [3.8, 4) is 0 Å². The molecule has 6 aromatic carbocycles. The fourth-order valence-corrected chi connectivity index (χ4v) is 9.42. The second-order valence-electron chi connectivity index (χ2n) is 16.4. The number of ketones is 2. The molecule has 0 atom stereocenters. The molecule has 0 fully saturated rings. The van der Waals surface area contributed by atoms with Gasteiger partial charge in [0.1, 0.15) is 26.1 Å². The van der Waals surface area contributed by atoms with Crippen molar-refractivity contribution < 1.29 is 58.7 Å². The van der Waals surface area contributed by atoms with Gasteiger partial charge in [-0.1, -0.05) is 12.1 Å². The molecule has 0 aromatic heterocycles. The normalized spacial score (nSPS) is 14.8. The Bertz CT molecular complexity index is 3920. The zero-order valence-corrected chi connectivity index (χ0v) is 42.0. The van der Waals surface area contributed by atoms with Crippen molar-refractivity contribution in [2.45, 2.75) is 4.90 Å². The number of nitrogens with zero attached hydrogens (tertiary/aromatic N) is 6. The highest BCUT2D eigenvalue weighted by Gasteiger charge is 2.35. The van der Waals surface area contributed by atoms with Gasteiger partial charge >= 0.3 is 0 Å². The van der Waals surface area contributed by atoms with Crippen LogP contribution in [0.2, 0.25) is 0 Å².